The largest absolute Gasteiger partial charge is 0.481 e. The van der Waals surface area contributed by atoms with Crippen LogP contribution >= 0.6 is 0 Å². The van der Waals surface area contributed by atoms with Crippen molar-refractivity contribution >= 4 is 16.8 Å². The van der Waals surface area contributed by atoms with Gasteiger partial charge >= 0.3 is 0 Å². The van der Waals surface area contributed by atoms with Crippen LogP contribution in [0.3, 0.4) is 0 Å². The van der Waals surface area contributed by atoms with Crippen molar-refractivity contribution < 1.29 is 14.3 Å². The van der Waals surface area contributed by atoms with E-state index in [0.717, 1.165) is 18.4 Å². The van der Waals surface area contributed by atoms with Gasteiger partial charge in [-0.25, -0.2) is 4.98 Å². The summed E-state index contributed by atoms with van der Waals surface area (Å²) in [4.78, 5) is 34.8. The highest BCUT2D eigenvalue weighted by Gasteiger charge is 2.27. The number of fused-ring (bicyclic) bond motifs is 1. The summed E-state index contributed by atoms with van der Waals surface area (Å²) in [5.41, 5.74) is 1.45. The Bertz CT molecular complexity index is 1120. The Kier molecular flexibility index (Phi) is 6.32. The number of aryl methyl sites for hydroxylation is 1. The molecule has 1 saturated heterocycles. The number of carbonyl (C=O) groups is 1. The number of aromatic nitrogens is 2. The summed E-state index contributed by atoms with van der Waals surface area (Å²) in [6.07, 6.45) is 1.17. The lowest BCUT2D eigenvalue weighted by molar-refractivity contribution is -0.140. The summed E-state index contributed by atoms with van der Waals surface area (Å²) in [5, 5.41) is 0.527. The molecule has 0 aliphatic carbocycles. The van der Waals surface area contributed by atoms with Crippen molar-refractivity contribution in [3.8, 4) is 5.75 Å². The van der Waals surface area contributed by atoms with E-state index in [2.05, 4.69) is 9.97 Å². The predicted octanol–water partition coefficient (Wildman–Crippen LogP) is 3.21. The predicted molar refractivity (Wildman–Crippen MR) is 118 cm³/mol. The van der Waals surface area contributed by atoms with E-state index in [1.807, 2.05) is 37.3 Å². The fraction of sp³-hybridized carbons (Fsp3) is 0.375. The van der Waals surface area contributed by atoms with Gasteiger partial charge in [0.15, 0.2) is 6.10 Å². The van der Waals surface area contributed by atoms with Crippen LogP contribution in [0.15, 0.2) is 53.3 Å². The summed E-state index contributed by atoms with van der Waals surface area (Å²) in [5.74, 6) is 0.917. The number of rotatable bonds is 7. The number of hydrogen-bond donors (Lipinski definition) is 1. The van der Waals surface area contributed by atoms with E-state index in [0.29, 0.717) is 35.6 Å². The number of hydrogen-bond acceptors (Lipinski definition) is 5. The number of amides is 1. The lowest BCUT2D eigenvalue weighted by Gasteiger charge is -2.28. The quantitative estimate of drug-likeness (QED) is 0.633. The second kappa shape index (κ2) is 9.31. The van der Waals surface area contributed by atoms with Gasteiger partial charge in [-0.15, -0.1) is 0 Å². The van der Waals surface area contributed by atoms with Gasteiger partial charge in [-0.1, -0.05) is 24.3 Å². The van der Waals surface area contributed by atoms with Crippen molar-refractivity contribution in [2.75, 3.05) is 13.2 Å². The normalized spacial score (nSPS) is 16.9. The summed E-state index contributed by atoms with van der Waals surface area (Å²) < 4.78 is 11.7. The number of aromatic amines is 1. The van der Waals surface area contributed by atoms with Gasteiger partial charge in [-0.2, -0.15) is 0 Å². The molecule has 0 radical (unpaired) electrons. The van der Waals surface area contributed by atoms with Gasteiger partial charge < -0.3 is 19.4 Å². The van der Waals surface area contributed by atoms with Gasteiger partial charge in [0.2, 0.25) is 0 Å². The first kappa shape index (κ1) is 21.1. The zero-order valence-electron chi connectivity index (χ0n) is 17.8. The standard InChI is InChI=1S/C24H27N3O4/c1-16-7-5-8-18(13-16)31-17(2)24(29)27(14-19-9-6-12-30-19)15-22-25-21-11-4-3-10-20(21)23(28)26-22/h3-5,7-8,10-11,13,17,19H,6,9,12,14-15H2,1-2H3,(H,25,26,28)/t17-,19+/m1/s1. The average molecular weight is 421 g/mol. The Morgan fingerprint density at radius 3 is 2.90 bits per heavy atom. The van der Waals surface area contributed by atoms with Crippen molar-refractivity contribution in [2.24, 2.45) is 0 Å². The molecule has 2 aromatic carbocycles. The van der Waals surface area contributed by atoms with Crippen LogP contribution in [0.5, 0.6) is 5.75 Å². The molecule has 2 heterocycles. The minimum absolute atomic E-state index is 0.0256. The summed E-state index contributed by atoms with van der Waals surface area (Å²) >= 11 is 0. The van der Waals surface area contributed by atoms with Crippen molar-refractivity contribution in [3.63, 3.8) is 0 Å². The van der Waals surface area contributed by atoms with E-state index in [9.17, 15) is 9.59 Å². The molecule has 1 amide bonds. The van der Waals surface area contributed by atoms with Gasteiger partial charge in [0.05, 0.1) is 23.6 Å². The van der Waals surface area contributed by atoms with Crippen LogP contribution in [-0.2, 0) is 16.1 Å². The maximum Gasteiger partial charge on any atom is 0.263 e. The van der Waals surface area contributed by atoms with Crippen molar-refractivity contribution in [3.05, 3.63) is 70.3 Å². The SMILES string of the molecule is Cc1cccc(O[C@H](C)C(=O)N(Cc2nc3ccccc3c(=O)[nH]2)C[C@@H]2CCCO2)c1. The minimum atomic E-state index is -0.685. The third kappa shape index (κ3) is 5.11. The van der Waals surface area contributed by atoms with Crippen molar-refractivity contribution in [1.82, 2.24) is 14.9 Å². The molecular formula is C24H27N3O4. The minimum Gasteiger partial charge on any atom is -0.481 e. The van der Waals surface area contributed by atoms with Crippen molar-refractivity contribution in [2.45, 2.75) is 45.4 Å². The lowest BCUT2D eigenvalue weighted by atomic mass is 10.2. The number of H-pyrrole nitrogens is 1. The van der Waals surface area contributed by atoms with Gasteiger partial charge in [0.25, 0.3) is 11.5 Å². The van der Waals surface area contributed by atoms with Crippen LogP contribution in [0, 0.1) is 6.92 Å². The van der Waals surface area contributed by atoms with Crippen LogP contribution in [0.25, 0.3) is 10.9 Å². The van der Waals surface area contributed by atoms with Gasteiger partial charge in [0.1, 0.15) is 11.6 Å². The van der Waals surface area contributed by atoms with E-state index >= 15 is 0 Å². The van der Waals surface area contributed by atoms with Gasteiger partial charge in [0, 0.05) is 13.2 Å². The van der Waals surface area contributed by atoms with Crippen LogP contribution in [0.1, 0.15) is 31.2 Å². The Hall–Kier alpha value is -3.19. The molecule has 31 heavy (non-hydrogen) atoms. The smallest absolute Gasteiger partial charge is 0.263 e. The van der Waals surface area contributed by atoms with E-state index in [1.54, 1.807) is 30.0 Å². The molecular weight excluding hydrogens is 394 g/mol. The molecule has 1 aliphatic heterocycles. The number of nitrogens with one attached hydrogen (secondary N) is 1. The molecule has 1 aromatic heterocycles. The van der Waals surface area contributed by atoms with Crippen LogP contribution in [-0.4, -0.2) is 46.1 Å². The molecule has 0 spiro atoms. The Morgan fingerprint density at radius 1 is 1.29 bits per heavy atom. The summed E-state index contributed by atoms with van der Waals surface area (Å²) in [6, 6.07) is 14.8. The molecule has 2 atom stereocenters. The summed E-state index contributed by atoms with van der Waals surface area (Å²) in [6.45, 7) is 5.03. The average Bonchev–Trinajstić information content (AvgIpc) is 3.26. The molecule has 0 bridgehead atoms. The molecule has 4 rings (SSSR count). The summed E-state index contributed by atoms with van der Waals surface area (Å²) in [7, 11) is 0. The van der Waals surface area contributed by atoms with Crippen LogP contribution in [0.2, 0.25) is 0 Å². The highest BCUT2D eigenvalue weighted by atomic mass is 16.5. The number of ether oxygens (including phenoxy) is 2. The monoisotopic (exact) mass is 421 g/mol. The van der Waals surface area contributed by atoms with Crippen molar-refractivity contribution in [1.29, 1.82) is 0 Å². The fourth-order valence-corrected chi connectivity index (χ4v) is 3.86. The molecule has 162 valence electrons. The third-order valence-corrected chi connectivity index (χ3v) is 5.41. The second-order valence-electron chi connectivity index (χ2n) is 7.96. The first-order valence-corrected chi connectivity index (χ1v) is 10.6. The molecule has 1 fully saturated rings. The molecule has 7 nitrogen and oxygen atoms in total. The molecule has 0 saturated carbocycles. The number of nitrogens with zero attached hydrogens (tertiary/aromatic N) is 2. The van der Waals surface area contributed by atoms with E-state index < -0.39 is 6.10 Å². The first-order valence-electron chi connectivity index (χ1n) is 10.6. The molecule has 1 aliphatic rings. The Balaban J connectivity index is 1.56. The van der Waals surface area contributed by atoms with Gasteiger partial charge in [-0.3, -0.25) is 9.59 Å². The zero-order chi connectivity index (χ0) is 21.8. The second-order valence-corrected chi connectivity index (χ2v) is 7.96. The highest BCUT2D eigenvalue weighted by Crippen LogP contribution is 2.18. The number of carbonyl (C=O) groups excluding carboxylic acids is 1. The maximum absolute atomic E-state index is 13.3. The molecule has 1 N–H and O–H groups in total. The highest BCUT2D eigenvalue weighted by molar-refractivity contribution is 5.81. The van der Waals surface area contributed by atoms with E-state index in [4.69, 9.17) is 9.47 Å². The lowest BCUT2D eigenvalue weighted by Crippen LogP contribution is -2.44. The fourth-order valence-electron chi connectivity index (χ4n) is 3.86. The first-order chi connectivity index (χ1) is 15.0. The molecule has 3 aromatic rings. The van der Waals surface area contributed by atoms with E-state index in [-0.39, 0.29) is 24.1 Å². The topological polar surface area (TPSA) is 84.5 Å². The maximum atomic E-state index is 13.3. The zero-order valence-corrected chi connectivity index (χ0v) is 17.8. The van der Waals surface area contributed by atoms with Crippen LogP contribution in [0.4, 0.5) is 0 Å². The molecule has 0 unspecified atom stereocenters. The van der Waals surface area contributed by atoms with E-state index in [1.165, 1.54) is 0 Å². The number of benzene rings is 2. The third-order valence-electron chi connectivity index (χ3n) is 5.41. The Labute approximate surface area is 181 Å². The Morgan fingerprint density at radius 2 is 2.13 bits per heavy atom. The number of para-hydroxylation sites is 1. The van der Waals surface area contributed by atoms with Gasteiger partial charge in [-0.05, 0) is 56.5 Å². The van der Waals surface area contributed by atoms with Crippen LogP contribution < -0.4 is 10.3 Å². The molecule has 7 heteroatoms.